The Labute approximate surface area is 115 Å². The van der Waals surface area contributed by atoms with Crippen molar-refractivity contribution in [3.8, 4) is 0 Å². The summed E-state index contributed by atoms with van der Waals surface area (Å²) < 4.78 is 0. The third-order valence-electron chi connectivity index (χ3n) is 3.37. The summed E-state index contributed by atoms with van der Waals surface area (Å²) in [5.41, 5.74) is 0.992. The molecule has 1 aliphatic rings. The van der Waals surface area contributed by atoms with Crippen molar-refractivity contribution in [3.63, 3.8) is 0 Å². The third-order valence-corrected chi connectivity index (χ3v) is 3.37. The zero-order chi connectivity index (χ0) is 13.5. The number of hydrogen-bond donors (Lipinski definition) is 2. The highest BCUT2D eigenvalue weighted by atomic mass is 15.2. The zero-order valence-corrected chi connectivity index (χ0v) is 12.1. The van der Waals surface area contributed by atoms with Crippen molar-refractivity contribution in [2.45, 2.75) is 33.1 Å². The van der Waals surface area contributed by atoms with Gasteiger partial charge in [-0.05, 0) is 39.8 Å². The Hall–Kier alpha value is -1.36. The highest BCUT2D eigenvalue weighted by Gasteiger charge is 2.09. The summed E-state index contributed by atoms with van der Waals surface area (Å²) in [6, 6.07) is 2.00. The Morgan fingerprint density at radius 1 is 1.16 bits per heavy atom. The van der Waals surface area contributed by atoms with Gasteiger partial charge < -0.3 is 15.5 Å². The zero-order valence-electron chi connectivity index (χ0n) is 12.1. The standard InChI is InChI=1S/C14H25N5/c1-3-15-14-17-12(2)11-13(18-14)16-7-10-19-8-5-4-6-9-19/h11H,3-10H2,1-2H3,(H2,15,16,17,18). The molecule has 5 heteroatoms. The number of nitrogens with one attached hydrogen (secondary N) is 2. The Bertz CT molecular complexity index is 387. The SMILES string of the molecule is CCNc1nc(C)cc(NCCN2CCCCC2)n1. The van der Waals surface area contributed by atoms with E-state index >= 15 is 0 Å². The van der Waals surface area contributed by atoms with Gasteiger partial charge in [-0.2, -0.15) is 4.98 Å². The van der Waals surface area contributed by atoms with Crippen molar-refractivity contribution in [2.24, 2.45) is 0 Å². The monoisotopic (exact) mass is 263 g/mol. The fourth-order valence-electron chi connectivity index (χ4n) is 2.42. The number of hydrogen-bond acceptors (Lipinski definition) is 5. The molecule has 1 fully saturated rings. The number of nitrogens with zero attached hydrogens (tertiary/aromatic N) is 3. The molecule has 0 saturated carbocycles. The van der Waals surface area contributed by atoms with Crippen LogP contribution in [-0.4, -0.2) is 47.6 Å². The lowest BCUT2D eigenvalue weighted by Gasteiger charge is -2.26. The van der Waals surface area contributed by atoms with Crippen LogP contribution < -0.4 is 10.6 Å². The van der Waals surface area contributed by atoms with Crippen LogP contribution in [-0.2, 0) is 0 Å². The first-order valence-electron chi connectivity index (χ1n) is 7.33. The number of aromatic nitrogens is 2. The largest absolute Gasteiger partial charge is 0.369 e. The molecular weight excluding hydrogens is 238 g/mol. The Kier molecular flexibility index (Phi) is 5.39. The summed E-state index contributed by atoms with van der Waals surface area (Å²) in [6.45, 7) is 9.42. The maximum atomic E-state index is 4.45. The van der Waals surface area contributed by atoms with Crippen molar-refractivity contribution >= 4 is 11.8 Å². The number of likely N-dealkylation sites (tertiary alicyclic amines) is 1. The lowest BCUT2D eigenvalue weighted by molar-refractivity contribution is 0.237. The van der Waals surface area contributed by atoms with Gasteiger partial charge >= 0.3 is 0 Å². The van der Waals surface area contributed by atoms with Crippen molar-refractivity contribution in [1.29, 1.82) is 0 Å². The maximum Gasteiger partial charge on any atom is 0.224 e. The second-order valence-corrected chi connectivity index (χ2v) is 5.08. The fraction of sp³-hybridized carbons (Fsp3) is 0.714. The van der Waals surface area contributed by atoms with Gasteiger partial charge in [0, 0.05) is 31.4 Å². The molecule has 1 saturated heterocycles. The van der Waals surface area contributed by atoms with Crippen LogP contribution in [0, 0.1) is 6.92 Å². The third kappa shape index (κ3) is 4.67. The molecule has 0 aromatic carbocycles. The van der Waals surface area contributed by atoms with Crippen LogP contribution in [0.15, 0.2) is 6.07 Å². The average Bonchev–Trinajstić information content (AvgIpc) is 2.40. The molecule has 1 aromatic heterocycles. The van der Waals surface area contributed by atoms with Crippen molar-refractivity contribution in [1.82, 2.24) is 14.9 Å². The van der Waals surface area contributed by atoms with Gasteiger partial charge in [0.15, 0.2) is 0 Å². The Morgan fingerprint density at radius 3 is 2.68 bits per heavy atom. The van der Waals surface area contributed by atoms with E-state index in [1.165, 1.54) is 32.4 Å². The molecule has 0 amide bonds. The minimum Gasteiger partial charge on any atom is -0.369 e. The van der Waals surface area contributed by atoms with Crippen LogP contribution in [0.2, 0.25) is 0 Å². The number of aryl methyl sites for hydroxylation is 1. The lowest BCUT2D eigenvalue weighted by atomic mass is 10.1. The van der Waals surface area contributed by atoms with Gasteiger partial charge in [-0.15, -0.1) is 0 Å². The molecule has 2 heterocycles. The molecule has 5 nitrogen and oxygen atoms in total. The molecule has 1 aliphatic heterocycles. The smallest absolute Gasteiger partial charge is 0.224 e. The summed E-state index contributed by atoms with van der Waals surface area (Å²) >= 11 is 0. The molecule has 0 spiro atoms. The highest BCUT2D eigenvalue weighted by Crippen LogP contribution is 2.10. The van der Waals surface area contributed by atoms with Gasteiger partial charge in [0.05, 0.1) is 0 Å². The topological polar surface area (TPSA) is 53.1 Å². The van der Waals surface area contributed by atoms with Crippen LogP contribution in [0.5, 0.6) is 0 Å². The summed E-state index contributed by atoms with van der Waals surface area (Å²) in [6.07, 6.45) is 4.08. The Balaban J connectivity index is 1.81. The molecule has 0 atom stereocenters. The second kappa shape index (κ2) is 7.28. The molecule has 0 radical (unpaired) electrons. The van der Waals surface area contributed by atoms with Gasteiger partial charge in [0.1, 0.15) is 5.82 Å². The van der Waals surface area contributed by atoms with E-state index in [9.17, 15) is 0 Å². The maximum absolute atomic E-state index is 4.45. The molecule has 1 aromatic rings. The van der Waals surface area contributed by atoms with Gasteiger partial charge in [0.25, 0.3) is 0 Å². The van der Waals surface area contributed by atoms with Gasteiger partial charge in [-0.25, -0.2) is 4.98 Å². The van der Waals surface area contributed by atoms with E-state index in [2.05, 4.69) is 32.4 Å². The predicted molar refractivity (Wildman–Crippen MR) is 79.7 cm³/mol. The molecule has 2 N–H and O–H groups in total. The quantitative estimate of drug-likeness (QED) is 0.823. The first-order valence-corrected chi connectivity index (χ1v) is 7.33. The van der Waals surface area contributed by atoms with Gasteiger partial charge in [0.2, 0.25) is 5.95 Å². The van der Waals surface area contributed by atoms with Crippen LogP contribution in [0.4, 0.5) is 11.8 Å². The predicted octanol–water partition coefficient (Wildman–Crippen LogP) is 2.11. The van der Waals surface area contributed by atoms with E-state index in [4.69, 9.17) is 0 Å². The molecule has 0 bridgehead atoms. The summed E-state index contributed by atoms with van der Waals surface area (Å²) in [5.74, 6) is 1.63. The normalized spacial score (nSPS) is 16.3. The van der Waals surface area contributed by atoms with E-state index in [-0.39, 0.29) is 0 Å². The molecule has 0 aliphatic carbocycles. The molecule has 0 unspecified atom stereocenters. The Morgan fingerprint density at radius 2 is 1.95 bits per heavy atom. The van der Waals surface area contributed by atoms with Crippen molar-refractivity contribution < 1.29 is 0 Å². The summed E-state index contributed by atoms with van der Waals surface area (Å²) in [4.78, 5) is 11.3. The number of piperidine rings is 1. The van der Waals surface area contributed by atoms with Crippen LogP contribution >= 0.6 is 0 Å². The first kappa shape index (κ1) is 14.1. The summed E-state index contributed by atoms with van der Waals surface area (Å²) in [5, 5.41) is 6.55. The molecule has 106 valence electrons. The summed E-state index contributed by atoms with van der Waals surface area (Å²) in [7, 11) is 0. The first-order chi connectivity index (χ1) is 9.28. The number of rotatable bonds is 6. The average molecular weight is 263 g/mol. The van der Waals surface area contributed by atoms with Gasteiger partial charge in [-0.3, -0.25) is 0 Å². The lowest BCUT2D eigenvalue weighted by Crippen LogP contribution is -2.33. The minimum absolute atomic E-state index is 0.711. The van der Waals surface area contributed by atoms with Crippen molar-refractivity contribution in [3.05, 3.63) is 11.8 Å². The van der Waals surface area contributed by atoms with E-state index in [0.717, 1.165) is 31.1 Å². The molecular formula is C14H25N5. The second-order valence-electron chi connectivity index (χ2n) is 5.08. The highest BCUT2D eigenvalue weighted by molar-refractivity contribution is 5.42. The van der Waals surface area contributed by atoms with Crippen LogP contribution in [0.1, 0.15) is 31.9 Å². The van der Waals surface area contributed by atoms with E-state index in [0.29, 0.717) is 5.95 Å². The van der Waals surface area contributed by atoms with Crippen LogP contribution in [0.25, 0.3) is 0 Å². The van der Waals surface area contributed by atoms with E-state index < -0.39 is 0 Å². The van der Waals surface area contributed by atoms with Crippen LogP contribution in [0.3, 0.4) is 0 Å². The van der Waals surface area contributed by atoms with E-state index in [1.807, 2.05) is 13.0 Å². The molecule has 19 heavy (non-hydrogen) atoms. The van der Waals surface area contributed by atoms with E-state index in [1.54, 1.807) is 0 Å². The molecule has 2 rings (SSSR count). The van der Waals surface area contributed by atoms with Gasteiger partial charge in [-0.1, -0.05) is 6.42 Å². The number of anilines is 2. The fourth-order valence-corrected chi connectivity index (χ4v) is 2.42. The minimum atomic E-state index is 0.711. The van der Waals surface area contributed by atoms with Crippen molar-refractivity contribution in [2.75, 3.05) is 43.4 Å².